The van der Waals surface area contributed by atoms with E-state index < -0.39 is 11.4 Å². The maximum Gasteiger partial charge on any atom is 0.255 e. The molecular weight excluding hydrogens is 361 g/mol. The molecule has 28 heavy (non-hydrogen) atoms. The molecule has 3 aromatic rings. The van der Waals surface area contributed by atoms with Crippen LogP contribution in [-0.2, 0) is 5.54 Å². The van der Waals surface area contributed by atoms with Crippen LogP contribution in [0.3, 0.4) is 0 Å². The molecule has 6 nitrogen and oxygen atoms in total. The lowest BCUT2D eigenvalue weighted by Gasteiger charge is -2.27. The molecule has 2 aromatic carbocycles. The quantitative estimate of drug-likeness (QED) is 0.748. The molecule has 1 aliphatic heterocycles. The van der Waals surface area contributed by atoms with E-state index in [1.165, 1.54) is 16.9 Å². The molecule has 0 fully saturated rings. The third-order valence-corrected chi connectivity index (χ3v) is 4.86. The van der Waals surface area contributed by atoms with Gasteiger partial charge in [-0.1, -0.05) is 18.2 Å². The van der Waals surface area contributed by atoms with Crippen LogP contribution in [0.15, 0.2) is 48.7 Å². The molecule has 1 aromatic heterocycles. The summed E-state index contributed by atoms with van der Waals surface area (Å²) in [4.78, 5) is 12.9. The van der Waals surface area contributed by atoms with Crippen LogP contribution in [0.4, 0.5) is 4.39 Å². The van der Waals surface area contributed by atoms with E-state index in [2.05, 4.69) is 10.4 Å². The zero-order valence-corrected chi connectivity index (χ0v) is 15.8. The molecule has 0 saturated heterocycles. The number of ether oxygens (including phenoxy) is 2. The Kier molecular flexibility index (Phi) is 4.30. The summed E-state index contributed by atoms with van der Waals surface area (Å²) in [6.07, 6.45) is 1.45. The number of fused-ring (bicyclic) bond motifs is 1. The first-order valence-electron chi connectivity index (χ1n) is 8.89. The molecule has 1 amide bonds. The molecule has 7 heteroatoms. The summed E-state index contributed by atoms with van der Waals surface area (Å²) >= 11 is 0. The highest BCUT2D eigenvalue weighted by Crippen LogP contribution is 2.35. The fourth-order valence-corrected chi connectivity index (χ4v) is 3.21. The van der Waals surface area contributed by atoms with Gasteiger partial charge in [0.05, 0.1) is 23.0 Å². The molecule has 0 bridgehead atoms. The largest absolute Gasteiger partial charge is 0.454 e. The second kappa shape index (κ2) is 6.67. The number of aromatic nitrogens is 2. The van der Waals surface area contributed by atoms with E-state index in [4.69, 9.17) is 9.47 Å². The van der Waals surface area contributed by atoms with Gasteiger partial charge >= 0.3 is 0 Å². The molecule has 2 heterocycles. The molecule has 1 aliphatic rings. The number of nitrogens with zero attached hydrogens (tertiary/aromatic N) is 2. The lowest BCUT2D eigenvalue weighted by molar-refractivity contribution is 0.0911. The van der Waals surface area contributed by atoms with E-state index in [-0.39, 0.29) is 12.7 Å². The fourth-order valence-electron chi connectivity index (χ4n) is 3.21. The van der Waals surface area contributed by atoms with Crippen LogP contribution in [0.1, 0.15) is 35.5 Å². The first-order chi connectivity index (χ1) is 13.4. The van der Waals surface area contributed by atoms with Gasteiger partial charge in [0, 0.05) is 0 Å². The van der Waals surface area contributed by atoms with Gasteiger partial charge in [-0.05, 0) is 50.6 Å². The number of hydrogen-bond acceptors (Lipinski definition) is 4. The van der Waals surface area contributed by atoms with E-state index in [0.29, 0.717) is 28.4 Å². The van der Waals surface area contributed by atoms with Crippen molar-refractivity contribution in [1.82, 2.24) is 15.1 Å². The molecule has 1 N–H and O–H groups in total. The molecule has 0 spiro atoms. The third kappa shape index (κ3) is 3.09. The van der Waals surface area contributed by atoms with Crippen molar-refractivity contribution in [3.8, 4) is 17.2 Å². The Morgan fingerprint density at radius 1 is 1.18 bits per heavy atom. The molecule has 0 atom stereocenters. The van der Waals surface area contributed by atoms with E-state index >= 15 is 0 Å². The third-order valence-electron chi connectivity index (χ3n) is 4.86. The van der Waals surface area contributed by atoms with Crippen LogP contribution < -0.4 is 14.8 Å². The fraction of sp³-hybridized carbons (Fsp3) is 0.238. The van der Waals surface area contributed by atoms with Crippen LogP contribution in [0.25, 0.3) is 5.69 Å². The Bertz CT molecular complexity index is 1060. The smallest absolute Gasteiger partial charge is 0.255 e. The van der Waals surface area contributed by atoms with Crippen molar-refractivity contribution in [3.05, 3.63) is 71.3 Å². The van der Waals surface area contributed by atoms with Crippen molar-refractivity contribution < 1.29 is 18.7 Å². The van der Waals surface area contributed by atoms with Gasteiger partial charge in [-0.15, -0.1) is 0 Å². The summed E-state index contributed by atoms with van der Waals surface area (Å²) < 4.78 is 26.3. The molecule has 144 valence electrons. The summed E-state index contributed by atoms with van der Waals surface area (Å²) in [5.41, 5.74) is 1.46. The van der Waals surface area contributed by atoms with Crippen LogP contribution in [0.5, 0.6) is 11.5 Å². The zero-order valence-electron chi connectivity index (χ0n) is 15.8. The van der Waals surface area contributed by atoms with Gasteiger partial charge < -0.3 is 14.8 Å². The highest BCUT2D eigenvalue weighted by molar-refractivity contribution is 5.95. The van der Waals surface area contributed by atoms with Crippen LogP contribution >= 0.6 is 0 Å². The van der Waals surface area contributed by atoms with Crippen molar-refractivity contribution in [2.45, 2.75) is 26.3 Å². The van der Waals surface area contributed by atoms with Crippen molar-refractivity contribution in [2.24, 2.45) is 0 Å². The highest BCUT2D eigenvalue weighted by Gasteiger charge is 2.27. The number of nitrogens with one attached hydrogen (secondary N) is 1. The summed E-state index contributed by atoms with van der Waals surface area (Å²) in [5, 5.41) is 7.22. The Hall–Kier alpha value is -3.35. The number of amides is 1. The molecule has 0 radical (unpaired) electrons. The van der Waals surface area contributed by atoms with Crippen molar-refractivity contribution in [1.29, 1.82) is 0 Å². The van der Waals surface area contributed by atoms with Gasteiger partial charge in [0.15, 0.2) is 11.5 Å². The van der Waals surface area contributed by atoms with Gasteiger partial charge in [-0.3, -0.25) is 4.79 Å². The standard InChI is InChI=1S/C21H20FN3O3/c1-13-15(11-23-25(13)17-7-5-4-6-16(17)22)20(26)24-21(2,3)14-8-9-18-19(10-14)28-12-27-18/h4-11H,12H2,1-3H3,(H,24,26). The molecular formula is C21H20FN3O3. The van der Waals surface area contributed by atoms with E-state index in [1.54, 1.807) is 25.1 Å². The summed E-state index contributed by atoms with van der Waals surface area (Å²) in [6, 6.07) is 11.9. The Morgan fingerprint density at radius 2 is 1.93 bits per heavy atom. The van der Waals surface area contributed by atoms with Gasteiger partial charge in [0.2, 0.25) is 6.79 Å². The van der Waals surface area contributed by atoms with Crippen LogP contribution in [-0.4, -0.2) is 22.5 Å². The minimum Gasteiger partial charge on any atom is -0.454 e. The Labute approximate surface area is 161 Å². The number of benzene rings is 2. The molecule has 0 aliphatic carbocycles. The minimum absolute atomic E-state index is 0.194. The van der Waals surface area contributed by atoms with E-state index in [9.17, 15) is 9.18 Å². The SMILES string of the molecule is Cc1c(C(=O)NC(C)(C)c2ccc3c(c2)OCO3)cnn1-c1ccccc1F. The first kappa shape index (κ1) is 18.0. The maximum absolute atomic E-state index is 14.1. The topological polar surface area (TPSA) is 65.4 Å². The lowest BCUT2D eigenvalue weighted by Crippen LogP contribution is -2.41. The second-order valence-corrected chi connectivity index (χ2v) is 7.15. The van der Waals surface area contributed by atoms with E-state index in [0.717, 1.165) is 5.56 Å². The monoisotopic (exact) mass is 381 g/mol. The normalized spacial score (nSPS) is 12.9. The van der Waals surface area contributed by atoms with Crippen LogP contribution in [0, 0.1) is 12.7 Å². The second-order valence-electron chi connectivity index (χ2n) is 7.15. The van der Waals surface area contributed by atoms with E-state index in [1.807, 2.05) is 32.0 Å². The first-order valence-corrected chi connectivity index (χ1v) is 8.89. The predicted octanol–water partition coefficient (Wildman–Crippen LogP) is 3.71. The van der Waals surface area contributed by atoms with Crippen LogP contribution in [0.2, 0.25) is 0 Å². The molecule has 0 unspecified atom stereocenters. The predicted molar refractivity (Wildman–Crippen MR) is 101 cm³/mol. The lowest BCUT2D eigenvalue weighted by atomic mass is 9.93. The van der Waals surface area contributed by atoms with Gasteiger partial charge in [-0.25, -0.2) is 9.07 Å². The average Bonchev–Trinajstić information content (AvgIpc) is 3.27. The van der Waals surface area contributed by atoms with Crippen molar-refractivity contribution in [3.63, 3.8) is 0 Å². The highest BCUT2D eigenvalue weighted by atomic mass is 19.1. The molecule has 4 rings (SSSR count). The summed E-state index contributed by atoms with van der Waals surface area (Å²) in [7, 11) is 0. The zero-order chi connectivity index (χ0) is 19.9. The average molecular weight is 381 g/mol. The Morgan fingerprint density at radius 3 is 2.71 bits per heavy atom. The van der Waals surface area contributed by atoms with Crippen molar-refractivity contribution >= 4 is 5.91 Å². The number of rotatable bonds is 4. The number of para-hydroxylation sites is 1. The summed E-state index contributed by atoms with van der Waals surface area (Å²) in [6.45, 7) is 5.74. The Balaban J connectivity index is 1.59. The number of carbonyl (C=O) groups excluding carboxylic acids is 1. The maximum atomic E-state index is 14.1. The van der Waals surface area contributed by atoms with Gasteiger partial charge in [0.1, 0.15) is 11.5 Å². The minimum atomic E-state index is -0.662. The molecule has 0 saturated carbocycles. The number of carbonyl (C=O) groups is 1. The number of hydrogen-bond donors (Lipinski definition) is 1. The summed E-state index contributed by atoms with van der Waals surface area (Å²) in [5.74, 6) is 0.653. The van der Waals surface area contributed by atoms with Crippen molar-refractivity contribution in [2.75, 3.05) is 6.79 Å². The van der Waals surface area contributed by atoms with Gasteiger partial charge in [0.25, 0.3) is 5.91 Å². The van der Waals surface area contributed by atoms with Gasteiger partial charge in [-0.2, -0.15) is 5.10 Å². The number of halogens is 1.